The second kappa shape index (κ2) is 9.11. The zero-order valence-electron chi connectivity index (χ0n) is 17.6. The predicted octanol–water partition coefficient (Wildman–Crippen LogP) is 3.72. The molecule has 29 heavy (non-hydrogen) atoms. The van der Waals surface area contributed by atoms with Crippen molar-refractivity contribution in [2.45, 2.75) is 40.5 Å². The van der Waals surface area contributed by atoms with Crippen molar-refractivity contribution in [2.24, 2.45) is 10.8 Å². The molecular weight excluding hydrogens is 376 g/mol. The summed E-state index contributed by atoms with van der Waals surface area (Å²) in [6.45, 7) is 7.38. The zero-order chi connectivity index (χ0) is 21.7. The number of hydrogen-bond acceptors (Lipinski definition) is 7. The molecule has 0 aliphatic heterocycles. The summed E-state index contributed by atoms with van der Waals surface area (Å²) in [7, 11) is 1.33. The highest BCUT2D eigenvalue weighted by atomic mass is 16.6. The monoisotopic (exact) mass is 404 g/mol. The normalized spacial score (nSPS) is 13.6. The van der Waals surface area contributed by atoms with Crippen LogP contribution in [0.1, 0.15) is 40.5 Å². The standard InChI is InChI=1S/C22H28O7/c1-6-22(4,14-21(2,3)19(24)26-5)20(25)28-12-11-27-16-9-7-15-8-10-18(23)29-17(15)13-16/h7-10,13H,6,11-12,14H2,1-5H3. The molecule has 1 atom stereocenters. The van der Waals surface area contributed by atoms with Gasteiger partial charge in [-0.3, -0.25) is 9.59 Å². The lowest BCUT2D eigenvalue weighted by atomic mass is 9.72. The first kappa shape index (κ1) is 22.5. The Morgan fingerprint density at radius 2 is 1.72 bits per heavy atom. The van der Waals surface area contributed by atoms with E-state index >= 15 is 0 Å². The van der Waals surface area contributed by atoms with Crippen molar-refractivity contribution in [1.82, 2.24) is 0 Å². The Morgan fingerprint density at radius 3 is 2.38 bits per heavy atom. The van der Waals surface area contributed by atoms with E-state index in [1.165, 1.54) is 13.2 Å². The first-order chi connectivity index (χ1) is 13.6. The smallest absolute Gasteiger partial charge is 0.336 e. The van der Waals surface area contributed by atoms with E-state index < -0.39 is 16.5 Å². The summed E-state index contributed by atoms with van der Waals surface area (Å²) in [6.07, 6.45) is 0.837. The fourth-order valence-corrected chi connectivity index (χ4v) is 3.26. The van der Waals surface area contributed by atoms with Gasteiger partial charge in [-0.2, -0.15) is 0 Å². The number of esters is 2. The predicted molar refractivity (Wildman–Crippen MR) is 108 cm³/mol. The summed E-state index contributed by atoms with van der Waals surface area (Å²) in [6, 6.07) is 8.18. The molecule has 1 heterocycles. The van der Waals surface area contributed by atoms with Gasteiger partial charge in [0.25, 0.3) is 0 Å². The summed E-state index contributed by atoms with van der Waals surface area (Å²) in [4.78, 5) is 35.9. The third kappa shape index (κ3) is 5.59. The van der Waals surface area contributed by atoms with E-state index in [1.807, 2.05) is 6.92 Å². The molecule has 0 radical (unpaired) electrons. The van der Waals surface area contributed by atoms with Gasteiger partial charge >= 0.3 is 17.6 Å². The van der Waals surface area contributed by atoms with Crippen LogP contribution >= 0.6 is 0 Å². The van der Waals surface area contributed by atoms with E-state index in [1.54, 1.807) is 45.0 Å². The third-order valence-corrected chi connectivity index (χ3v) is 5.02. The summed E-state index contributed by atoms with van der Waals surface area (Å²) in [5.74, 6) is -0.241. The van der Waals surface area contributed by atoms with Crippen molar-refractivity contribution in [3.8, 4) is 5.75 Å². The molecule has 2 rings (SSSR count). The van der Waals surface area contributed by atoms with Crippen molar-refractivity contribution < 1.29 is 28.2 Å². The van der Waals surface area contributed by atoms with Crippen molar-refractivity contribution in [1.29, 1.82) is 0 Å². The van der Waals surface area contributed by atoms with Gasteiger partial charge in [0.15, 0.2) is 0 Å². The average molecular weight is 404 g/mol. The highest BCUT2D eigenvalue weighted by Gasteiger charge is 2.42. The Hall–Kier alpha value is -2.83. The summed E-state index contributed by atoms with van der Waals surface area (Å²) in [5, 5.41) is 0.787. The van der Waals surface area contributed by atoms with Crippen LogP contribution in [-0.4, -0.2) is 32.3 Å². The van der Waals surface area contributed by atoms with Crippen LogP contribution in [0.25, 0.3) is 11.0 Å². The molecular formula is C22H28O7. The molecule has 0 saturated carbocycles. The van der Waals surface area contributed by atoms with E-state index in [0.29, 0.717) is 24.2 Å². The van der Waals surface area contributed by atoms with E-state index in [-0.39, 0.29) is 25.2 Å². The maximum absolute atomic E-state index is 12.6. The lowest BCUT2D eigenvalue weighted by Gasteiger charge is -2.33. The third-order valence-electron chi connectivity index (χ3n) is 5.02. The Balaban J connectivity index is 1.92. The minimum absolute atomic E-state index is 0.0594. The Kier molecular flexibility index (Phi) is 7.06. The second-order valence-electron chi connectivity index (χ2n) is 7.90. The number of carbonyl (C=O) groups excluding carboxylic acids is 2. The van der Waals surface area contributed by atoms with Gasteiger partial charge in [0, 0.05) is 17.5 Å². The van der Waals surface area contributed by atoms with Crippen LogP contribution in [0.15, 0.2) is 39.5 Å². The SMILES string of the molecule is CCC(C)(CC(C)(C)C(=O)OC)C(=O)OCCOc1ccc2ccc(=O)oc2c1. The van der Waals surface area contributed by atoms with Crippen molar-refractivity contribution in [2.75, 3.05) is 20.3 Å². The molecule has 0 N–H and O–H groups in total. The number of benzene rings is 1. The van der Waals surface area contributed by atoms with Gasteiger partial charge in [-0.05, 0) is 51.8 Å². The fourth-order valence-electron chi connectivity index (χ4n) is 3.26. The molecule has 7 heteroatoms. The van der Waals surface area contributed by atoms with E-state index in [4.69, 9.17) is 18.6 Å². The molecule has 0 saturated heterocycles. The molecule has 0 bridgehead atoms. The zero-order valence-corrected chi connectivity index (χ0v) is 17.6. The number of rotatable bonds is 9. The minimum atomic E-state index is -0.815. The van der Waals surface area contributed by atoms with Gasteiger partial charge in [0.05, 0.1) is 17.9 Å². The van der Waals surface area contributed by atoms with Crippen molar-refractivity contribution in [3.63, 3.8) is 0 Å². The van der Waals surface area contributed by atoms with Crippen LogP contribution in [0.3, 0.4) is 0 Å². The molecule has 1 aromatic carbocycles. The number of ether oxygens (including phenoxy) is 3. The fraction of sp³-hybridized carbons (Fsp3) is 0.500. The average Bonchev–Trinajstić information content (AvgIpc) is 2.69. The number of carbonyl (C=O) groups is 2. The van der Waals surface area contributed by atoms with Crippen LogP contribution in [0, 0.1) is 10.8 Å². The number of hydrogen-bond donors (Lipinski definition) is 0. The van der Waals surface area contributed by atoms with Crippen LogP contribution in [0.2, 0.25) is 0 Å². The molecule has 7 nitrogen and oxygen atoms in total. The summed E-state index contributed by atoms with van der Waals surface area (Å²) >= 11 is 0. The van der Waals surface area contributed by atoms with E-state index in [0.717, 1.165) is 5.39 Å². The topological polar surface area (TPSA) is 92.0 Å². The van der Waals surface area contributed by atoms with Crippen LogP contribution in [-0.2, 0) is 19.1 Å². The molecule has 0 aliphatic rings. The van der Waals surface area contributed by atoms with Crippen LogP contribution < -0.4 is 10.4 Å². The number of methoxy groups -OCH3 is 1. The van der Waals surface area contributed by atoms with Gasteiger partial charge in [-0.15, -0.1) is 0 Å². The lowest BCUT2D eigenvalue weighted by molar-refractivity contribution is -0.162. The molecule has 0 amide bonds. The highest BCUT2D eigenvalue weighted by molar-refractivity contribution is 5.80. The van der Waals surface area contributed by atoms with Crippen LogP contribution in [0.4, 0.5) is 0 Å². The summed E-state index contributed by atoms with van der Waals surface area (Å²) < 4.78 is 20.9. The van der Waals surface area contributed by atoms with Gasteiger partial charge < -0.3 is 18.6 Å². The molecule has 0 aliphatic carbocycles. The van der Waals surface area contributed by atoms with Gasteiger partial charge in [-0.25, -0.2) is 4.79 Å². The van der Waals surface area contributed by atoms with E-state index in [9.17, 15) is 14.4 Å². The van der Waals surface area contributed by atoms with Crippen molar-refractivity contribution >= 4 is 22.9 Å². The Bertz CT molecular complexity index is 928. The van der Waals surface area contributed by atoms with Gasteiger partial charge in [-0.1, -0.05) is 6.92 Å². The van der Waals surface area contributed by atoms with E-state index in [2.05, 4.69) is 0 Å². The lowest BCUT2D eigenvalue weighted by Crippen LogP contribution is -2.38. The second-order valence-corrected chi connectivity index (χ2v) is 7.90. The Labute approximate surface area is 169 Å². The maximum atomic E-state index is 12.6. The van der Waals surface area contributed by atoms with Crippen molar-refractivity contribution in [3.05, 3.63) is 40.8 Å². The first-order valence-electron chi connectivity index (χ1n) is 9.54. The molecule has 0 fully saturated rings. The highest BCUT2D eigenvalue weighted by Crippen LogP contribution is 2.38. The molecule has 0 spiro atoms. The molecule has 158 valence electrons. The molecule has 1 unspecified atom stereocenters. The minimum Gasteiger partial charge on any atom is -0.490 e. The van der Waals surface area contributed by atoms with Gasteiger partial charge in [0.2, 0.25) is 0 Å². The Morgan fingerprint density at radius 1 is 1.03 bits per heavy atom. The first-order valence-corrected chi connectivity index (χ1v) is 9.54. The molecule has 1 aromatic heterocycles. The quantitative estimate of drug-likeness (QED) is 0.357. The van der Waals surface area contributed by atoms with Crippen LogP contribution in [0.5, 0.6) is 5.75 Å². The maximum Gasteiger partial charge on any atom is 0.336 e. The largest absolute Gasteiger partial charge is 0.490 e. The van der Waals surface area contributed by atoms with Gasteiger partial charge in [0.1, 0.15) is 24.5 Å². The molecule has 2 aromatic rings. The summed E-state index contributed by atoms with van der Waals surface area (Å²) in [5.41, 5.74) is -1.62. The number of fused-ring (bicyclic) bond motifs is 1.